The fraction of sp³-hybridized carbons (Fsp3) is 0.267. The number of rotatable bonds is 6. The molecule has 0 aliphatic carbocycles. The second-order valence-corrected chi connectivity index (χ2v) is 4.68. The molecule has 2 aromatic rings. The molecule has 0 spiro atoms. The molecular formula is C15H17ClN2O2. The third-order valence-corrected chi connectivity index (χ3v) is 3.17. The Hall–Kier alpha value is -1.62. The van der Waals surface area contributed by atoms with Crippen LogP contribution in [0.3, 0.4) is 0 Å². The zero-order valence-electron chi connectivity index (χ0n) is 11.3. The van der Waals surface area contributed by atoms with Gasteiger partial charge in [0.05, 0.1) is 17.3 Å². The normalized spacial score (nSPS) is 10.6. The quantitative estimate of drug-likeness (QED) is 0.888. The van der Waals surface area contributed by atoms with Crippen LogP contribution in [-0.4, -0.2) is 18.7 Å². The highest BCUT2D eigenvalue weighted by molar-refractivity contribution is 6.31. The van der Waals surface area contributed by atoms with Crippen LogP contribution in [0.1, 0.15) is 11.3 Å². The molecule has 106 valence electrons. The highest BCUT2D eigenvalue weighted by Gasteiger charge is 2.04. The van der Waals surface area contributed by atoms with E-state index in [1.165, 1.54) is 5.56 Å². The van der Waals surface area contributed by atoms with Crippen molar-refractivity contribution in [3.63, 3.8) is 0 Å². The highest BCUT2D eigenvalue weighted by atomic mass is 35.5. The van der Waals surface area contributed by atoms with Gasteiger partial charge >= 0.3 is 0 Å². The van der Waals surface area contributed by atoms with Crippen LogP contribution in [0.4, 0.5) is 0 Å². The molecule has 2 rings (SSSR count). The van der Waals surface area contributed by atoms with Crippen molar-refractivity contribution in [1.82, 2.24) is 4.98 Å². The van der Waals surface area contributed by atoms with E-state index in [0.717, 1.165) is 12.2 Å². The Morgan fingerprint density at radius 3 is 2.55 bits per heavy atom. The zero-order chi connectivity index (χ0) is 14.4. The van der Waals surface area contributed by atoms with Crippen LogP contribution < -0.4 is 10.5 Å². The van der Waals surface area contributed by atoms with E-state index in [0.29, 0.717) is 23.2 Å². The maximum atomic E-state index is 5.96. The molecule has 1 aromatic heterocycles. The summed E-state index contributed by atoms with van der Waals surface area (Å²) in [6, 6.07) is 11.3. The van der Waals surface area contributed by atoms with Crippen LogP contribution in [0.25, 0.3) is 0 Å². The SMILES string of the molecule is COCCc1ccc(Oc2ccc(Cl)c(CN)n2)cc1. The molecule has 20 heavy (non-hydrogen) atoms. The first-order valence-corrected chi connectivity index (χ1v) is 6.72. The van der Waals surface area contributed by atoms with E-state index < -0.39 is 0 Å². The maximum absolute atomic E-state index is 5.96. The maximum Gasteiger partial charge on any atom is 0.219 e. The first-order valence-electron chi connectivity index (χ1n) is 6.34. The van der Waals surface area contributed by atoms with Crippen molar-refractivity contribution in [2.24, 2.45) is 5.73 Å². The van der Waals surface area contributed by atoms with Crippen LogP contribution >= 0.6 is 11.6 Å². The zero-order valence-corrected chi connectivity index (χ0v) is 12.1. The minimum Gasteiger partial charge on any atom is -0.439 e. The van der Waals surface area contributed by atoms with Gasteiger partial charge in [0.15, 0.2) is 0 Å². The van der Waals surface area contributed by atoms with Gasteiger partial charge in [0, 0.05) is 19.7 Å². The number of hydrogen-bond donors (Lipinski definition) is 1. The van der Waals surface area contributed by atoms with Crippen LogP contribution in [0.5, 0.6) is 11.6 Å². The van der Waals surface area contributed by atoms with Crippen molar-refractivity contribution in [3.05, 3.63) is 52.7 Å². The van der Waals surface area contributed by atoms with Crippen LogP contribution in [0, 0.1) is 0 Å². The van der Waals surface area contributed by atoms with Crippen LogP contribution in [0.2, 0.25) is 5.02 Å². The van der Waals surface area contributed by atoms with Gasteiger partial charge < -0.3 is 15.2 Å². The lowest BCUT2D eigenvalue weighted by Gasteiger charge is -2.08. The van der Waals surface area contributed by atoms with Gasteiger partial charge in [-0.05, 0) is 30.2 Å². The number of hydrogen-bond acceptors (Lipinski definition) is 4. The average Bonchev–Trinajstić information content (AvgIpc) is 2.48. The van der Waals surface area contributed by atoms with Gasteiger partial charge in [0.1, 0.15) is 5.75 Å². The van der Waals surface area contributed by atoms with Gasteiger partial charge in [-0.1, -0.05) is 23.7 Å². The van der Waals surface area contributed by atoms with Crippen molar-refractivity contribution in [2.45, 2.75) is 13.0 Å². The van der Waals surface area contributed by atoms with Gasteiger partial charge in [-0.25, -0.2) is 4.98 Å². The summed E-state index contributed by atoms with van der Waals surface area (Å²) < 4.78 is 10.7. The standard InChI is InChI=1S/C15H17ClN2O2/c1-19-9-8-11-2-4-12(5-3-11)20-15-7-6-13(16)14(10-17)18-15/h2-7H,8-10,17H2,1H3. The molecule has 4 nitrogen and oxygen atoms in total. The lowest BCUT2D eigenvalue weighted by atomic mass is 10.1. The van der Waals surface area contributed by atoms with Crippen LogP contribution in [0.15, 0.2) is 36.4 Å². The molecule has 0 bridgehead atoms. The summed E-state index contributed by atoms with van der Waals surface area (Å²) in [7, 11) is 1.69. The third kappa shape index (κ3) is 3.93. The molecule has 0 amide bonds. The number of aromatic nitrogens is 1. The Morgan fingerprint density at radius 1 is 1.15 bits per heavy atom. The predicted octanol–water partition coefficient (Wildman–Crippen LogP) is 3.17. The largest absolute Gasteiger partial charge is 0.439 e. The number of nitrogens with two attached hydrogens (primary N) is 1. The van der Waals surface area contributed by atoms with Gasteiger partial charge in [-0.3, -0.25) is 0 Å². The molecule has 1 aromatic carbocycles. The first kappa shape index (κ1) is 14.8. The van der Waals surface area contributed by atoms with E-state index in [2.05, 4.69) is 4.98 Å². The summed E-state index contributed by atoms with van der Waals surface area (Å²) in [4.78, 5) is 4.26. The number of halogens is 1. The molecular weight excluding hydrogens is 276 g/mol. The van der Waals surface area contributed by atoms with Crippen molar-refractivity contribution in [1.29, 1.82) is 0 Å². The number of nitrogens with zero attached hydrogens (tertiary/aromatic N) is 1. The second-order valence-electron chi connectivity index (χ2n) is 4.27. The minimum atomic E-state index is 0.284. The van der Waals surface area contributed by atoms with E-state index >= 15 is 0 Å². The third-order valence-electron chi connectivity index (χ3n) is 2.83. The molecule has 1 heterocycles. The average molecular weight is 293 g/mol. The molecule has 0 aliphatic rings. The van der Waals surface area contributed by atoms with Crippen molar-refractivity contribution in [2.75, 3.05) is 13.7 Å². The van der Waals surface area contributed by atoms with E-state index in [4.69, 9.17) is 26.8 Å². The molecule has 0 atom stereocenters. The van der Waals surface area contributed by atoms with E-state index in [-0.39, 0.29) is 6.54 Å². The topological polar surface area (TPSA) is 57.4 Å². The van der Waals surface area contributed by atoms with Gasteiger partial charge in [-0.15, -0.1) is 0 Å². The summed E-state index contributed by atoms with van der Waals surface area (Å²) in [5.41, 5.74) is 7.39. The van der Waals surface area contributed by atoms with Gasteiger partial charge in [0.2, 0.25) is 5.88 Å². The Morgan fingerprint density at radius 2 is 1.90 bits per heavy atom. The van der Waals surface area contributed by atoms with Gasteiger partial charge in [0.25, 0.3) is 0 Å². The van der Waals surface area contributed by atoms with E-state index in [9.17, 15) is 0 Å². The molecule has 0 fully saturated rings. The smallest absolute Gasteiger partial charge is 0.219 e. The number of benzene rings is 1. The Balaban J connectivity index is 2.06. The Labute approximate surface area is 123 Å². The molecule has 0 saturated heterocycles. The fourth-order valence-electron chi connectivity index (χ4n) is 1.73. The van der Waals surface area contributed by atoms with Crippen LogP contribution in [-0.2, 0) is 17.7 Å². The molecule has 2 N–H and O–H groups in total. The van der Waals surface area contributed by atoms with Crippen molar-refractivity contribution >= 4 is 11.6 Å². The monoisotopic (exact) mass is 292 g/mol. The van der Waals surface area contributed by atoms with E-state index in [1.807, 2.05) is 24.3 Å². The van der Waals surface area contributed by atoms with Crippen molar-refractivity contribution in [3.8, 4) is 11.6 Å². The molecule has 0 radical (unpaired) electrons. The molecule has 0 saturated carbocycles. The Bertz CT molecular complexity index is 558. The summed E-state index contributed by atoms with van der Waals surface area (Å²) in [6.07, 6.45) is 0.882. The molecule has 0 aliphatic heterocycles. The number of ether oxygens (including phenoxy) is 2. The number of pyridine rings is 1. The van der Waals surface area contributed by atoms with Crippen molar-refractivity contribution < 1.29 is 9.47 Å². The summed E-state index contributed by atoms with van der Waals surface area (Å²) >= 11 is 5.96. The fourth-order valence-corrected chi connectivity index (χ4v) is 1.91. The highest BCUT2D eigenvalue weighted by Crippen LogP contribution is 2.23. The van der Waals surface area contributed by atoms with E-state index in [1.54, 1.807) is 19.2 Å². The Kier molecular flexibility index (Phi) is 5.35. The lowest BCUT2D eigenvalue weighted by Crippen LogP contribution is -2.01. The van der Waals surface area contributed by atoms with Gasteiger partial charge in [-0.2, -0.15) is 0 Å². The lowest BCUT2D eigenvalue weighted by molar-refractivity contribution is 0.202. The summed E-state index contributed by atoms with van der Waals surface area (Å²) in [6.45, 7) is 0.991. The number of methoxy groups -OCH3 is 1. The summed E-state index contributed by atoms with van der Waals surface area (Å²) in [5, 5.41) is 0.551. The molecule has 5 heteroatoms. The predicted molar refractivity (Wildman–Crippen MR) is 79.2 cm³/mol. The summed E-state index contributed by atoms with van der Waals surface area (Å²) in [5.74, 6) is 1.21. The minimum absolute atomic E-state index is 0.284. The first-order chi connectivity index (χ1) is 9.72. The second kappa shape index (κ2) is 7.24. The molecule has 0 unspecified atom stereocenters.